The molecule has 0 unspecified atom stereocenters. The van der Waals surface area contributed by atoms with Crippen molar-refractivity contribution < 1.29 is 26.3 Å². The van der Waals surface area contributed by atoms with Gasteiger partial charge in [0.2, 0.25) is 5.82 Å². The molecule has 9 heteroatoms. The first-order valence-corrected chi connectivity index (χ1v) is 6.51. The van der Waals surface area contributed by atoms with E-state index in [-0.39, 0.29) is 18.8 Å². The fraction of sp³-hybridized carbons (Fsp3) is 0.538. The number of nitrogens with zero attached hydrogens (tertiary/aromatic N) is 1. The summed E-state index contributed by atoms with van der Waals surface area (Å²) >= 11 is 0. The average Bonchev–Trinajstić information content (AvgIpc) is 2.51. The molecule has 2 nitrogen and oxygen atoms in total. The largest absolute Gasteiger partial charge is 0.314 e. The van der Waals surface area contributed by atoms with E-state index in [0.717, 1.165) is 0 Å². The number of nitrogens with one attached hydrogen (secondary N) is 1. The van der Waals surface area contributed by atoms with Gasteiger partial charge in [0.15, 0.2) is 23.3 Å². The molecule has 0 radical (unpaired) electrons. The summed E-state index contributed by atoms with van der Waals surface area (Å²) < 4.78 is 80.0. The smallest absolute Gasteiger partial charge is 0.200 e. The van der Waals surface area contributed by atoms with Crippen LogP contribution >= 0.6 is 12.4 Å². The Morgan fingerprint density at radius 2 is 1.32 bits per heavy atom. The number of halogens is 7. The lowest BCUT2D eigenvalue weighted by Crippen LogP contribution is -2.45. The molecule has 0 bridgehead atoms. The molecule has 22 heavy (non-hydrogen) atoms. The van der Waals surface area contributed by atoms with Gasteiger partial charge in [-0.05, 0) is 6.42 Å². The lowest BCUT2D eigenvalue weighted by Gasteiger charge is -2.35. The van der Waals surface area contributed by atoms with E-state index in [4.69, 9.17) is 0 Å². The number of alkyl halides is 1. The van der Waals surface area contributed by atoms with Gasteiger partial charge in [-0.3, -0.25) is 9.29 Å². The van der Waals surface area contributed by atoms with E-state index in [1.54, 1.807) is 0 Å². The number of hydrogen-bond donors (Lipinski definition) is 1. The van der Waals surface area contributed by atoms with Gasteiger partial charge in [-0.25, -0.2) is 22.0 Å². The molecule has 1 fully saturated rings. The normalized spacial score (nSPS) is 17.2. The zero-order valence-corrected chi connectivity index (χ0v) is 12.3. The van der Waals surface area contributed by atoms with E-state index in [1.807, 2.05) is 0 Å². The van der Waals surface area contributed by atoms with E-state index in [0.29, 0.717) is 26.2 Å². The Morgan fingerprint density at radius 3 is 1.77 bits per heavy atom. The summed E-state index contributed by atoms with van der Waals surface area (Å²) in [6.45, 7) is 0.749. The van der Waals surface area contributed by atoms with Crippen LogP contribution in [0.3, 0.4) is 0 Å². The molecule has 1 atom stereocenters. The van der Waals surface area contributed by atoms with Crippen molar-refractivity contribution in [2.45, 2.75) is 12.5 Å². The van der Waals surface area contributed by atoms with E-state index in [2.05, 4.69) is 5.32 Å². The quantitative estimate of drug-likeness (QED) is 0.511. The van der Waals surface area contributed by atoms with Crippen LogP contribution in [0.1, 0.15) is 18.0 Å². The van der Waals surface area contributed by atoms with Gasteiger partial charge in [-0.2, -0.15) is 0 Å². The SMILES string of the molecule is Cl.FCC[C@H](c1c(F)c(F)c(F)c(F)c1F)N1CCNCC1. The highest BCUT2D eigenvalue weighted by molar-refractivity contribution is 5.85. The van der Waals surface area contributed by atoms with E-state index < -0.39 is 47.4 Å². The molecule has 1 heterocycles. The molecular formula is C13H15ClF6N2. The summed E-state index contributed by atoms with van der Waals surface area (Å²) in [5.41, 5.74) is -0.953. The molecule has 1 aromatic carbocycles. The van der Waals surface area contributed by atoms with Gasteiger partial charge in [0.25, 0.3) is 0 Å². The summed E-state index contributed by atoms with van der Waals surface area (Å²) in [6.07, 6.45) is -0.335. The van der Waals surface area contributed by atoms with Gasteiger partial charge in [0.05, 0.1) is 6.67 Å². The third-order valence-corrected chi connectivity index (χ3v) is 3.55. The number of rotatable bonds is 4. The molecule has 0 saturated carbocycles. The molecular weight excluding hydrogens is 334 g/mol. The van der Waals surface area contributed by atoms with Gasteiger partial charge < -0.3 is 5.32 Å². The molecule has 0 amide bonds. The molecule has 1 saturated heterocycles. The molecule has 1 aliphatic rings. The van der Waals surface area contributed by atoms with Crippen molar-refractivity contribution in [1.82, 2.24) is 10.2 Å². The van der Waals surface area contributed by atoms with Crippen LogP contribution in [0.5, 0.6) is 0 Å². The van der Waals surface area contributed by atoms with Gasteiger partial charge in [-0.1, -0.05) is 0 Å². The standard InChI is InChI=1S/C13H14F6N2.ClH/c14-2-1-7(21-5-3-20-4-6-21)8-9(15)11(17)13(19)12(18)10(8)16;/h7,20H,1-6H2;1H/t7-;/m1./s1. The van der Waals surface area contributed by atoms with Crippen LogP contribution in [0.25, 0.3) is 0 Å². The monoisotopic (exact) mass is 348 g/mol. The van der Waals surface area contributed by atoms with Crippen LogP contribution in [0, 0.1) is 29.1 Å². The van der Waals surface area contributed by atoms with Crippen LogP contribution in [0.4, 0.5) is 26.3 Å². The van der Waals surface area contributed by atoms with Gasteiger partial charge in [0, 0.05) is 37.8 Å². The fourth-order valence-electron chi connectivity index (χ4n) is 2.52. The second kappa shape index (κ2) is 8.03. The number of hydrogen-bond acceptors (Lipinski definition) is 2. The van der Waals surface area contributed by atoms with Crippen LogP contribution in [0.2, 0.25) is 0 Å². The third kappa shape index (κ3) is 3.49. The fourth-order valence-corrected chi connectivity index (χ4v) is 2.52. The summed E-state index contributed by atoms with van der Waals surface area (Å²) in [4.78, 5) is 1.52. The Bertz CT molecular complexity index is 493. The second-order valence-electron chi connectivity index (χ2n) is 4.76. The molecule has 1 aromatic rings. The molecule has 2 rings (SSSR count). The van der Waals surface area contributed by atoms with Crippen molar-refractivity contribution in [1.29, 1.82) is 0 Å². The van der Waals surface area contributed by atoms with Gasteiger partial charge >= 0.3 is 0 Å². The van der Waals surface area contributed by atoms with E-state index in [1.165, 1.54) is 4.90 Å². The Balaban J connectivity index is 0.00000242. The second-order valence-corrected chi connectivity index (χ2v) is 4.76. The summed E-state index contributed by atoms with van der Waals surface area (Å²) in [7, 11) is 0. The van der Waals surface area contributed by atoms with Crippen LogP contribution < -0.4 is 5.32 Å². The van der Waals surface area contributed by atoms with Crippen molar-refractivity contribution in [2.24, 2.45) is 0 Å². The highest BCUT2D eigenvalue weighted by atomic mass is 35.5. The third-order valence-electron chi connectivity index (χ3n) is 3.55. The average molecular weight is 349 g/mol. The van der Waals surface area contributed by atoms with Crippen molar-refractivity contribution >= 4 is 12.4 Å². The van der Waals surface area contributed by atoms with Crippen LogP contribution in [-0.4, -0.2) is 37.8 Å². The summed E-state index contributed by atoms with van der Waals surface area (Å²) in [6, 6.07) is -1.18. The molecule has 1 aliphatic heterocycles. The molecule has 0 aliphatic carbocycles. The maximum absolute atomic E-state index is 13.8. The van der Waals surface area contributed by atoms with Crippen molar-refractivity contribution in [3.63, 3.8) is 0 Å². The van der Waals surface area contributed by atoms with E-state index in [9.17, 15) is 26.3 Å². The first kappa shape index (κ1) is 19.1. The predicted octanol–water partition coefficient (Wildman–Crippen LogP) is 3.11. The zero-order chi connectivity index (χ0) is 15.6. The maximum Gasteiger partial charge on any atom is 0.200 e. The van der Waals surface area contributed by atoms with Crippen molar-refractivity contribution in [3.05, 3.63) is 34.6 Å². The van der Waals surface area contributed by atoms with Crippen LogP contribution in [-0.2, 0) is 0 Å². The van der Waals surface area contributed by atoms with Gasteiger partial charge in [-0.15, -0.1) is 12.4 Å². The maximum atomic E-state index is 13.8. The Labute approximate surface area is 129 Å². The summed E-state index contributed by atoms with van der Waals surface area (Å²) in [5.74, 6) is -9.97. The lowest BCUT2D eigenvalue weighted by molar-refractivity contribution is 0.148. The first-order valence-electron chi connectivity index (χ1n) is 6.51. The Morgan fingerprint density at radius 1 is 0.864 bits per heavy atom. The molecule has 1 N–H and O–H groups in total. The minimum atomic E-state index is -2.20. The first-order chi connectivity index (χ1) is 9.99. The van der Waals surface area contributed by atoms with Crippen molar-refractivity contribution in [2.75, 3.05) is 32.9 Å². The molecule has 0 aromatic heterocycles. The van der Waals surface area contributed by atoms with Crippen LogP contribution in [0.15, 0.2) is 0 Å². The highest BCUT2D eigenvalue weighted by Crippen LogP contribution is 2.33. The highest BCUT2D eigenvalue weighted by Gasteiger charge is 2.33. The Kier molecular flexibility index (Phi) is 6.96. The zero-order valence-electron chi connectivity index (χ0n) is 11.4. The topological polar surface area (TPSA) is 15.3 Å². The van der Waals surface area contributed by atoms with Crippen molar-refractivity contribution in [3.8, 4) is 0 Å². The minimum Gasteiger partial charge on any atom is -0.314 e. The lowest BCUT2D eigenvalue weighted by atomic mass is 9.99. The molecule has 126 valence electrons. The Hall–Kier alpha value is -0.990. The number of piperazine rings is 1. The van der Waals surface area contributed by atoms with Gasteiger partial charge in [0.1, 0.15) is 0 Å². The van der Waals surface area contributed by atoms with E-state index >= 15 is 0 Å². The minimum absolute atomic E-state index is 0. The summed E-state index contributed by atoms with van der Waals surface area (Å²) in [5, 5.41) is 2.99. The predicted molar refractivity (Wildman–Crippen MR) is 71.3 cm³/mol. The number of benzene rings is 1. The molecule has 0 spiro atoms.